The average molecular weight is 420 g/mol. The molecular weight excluding hydrogens is 396 g/mol. The van der Waals surface area contributed by atoms with Crippen LogP contribution in [0.5, 0.6) is 5.75 Å². The first kappa shape index (κ1) is 21.1. The number of morpholine rings is 1. The monoisotopic (exact) mass is 420 g/mol. The van der Waals surface area contributed by atoms with Crippen LogP contribution in [0.4, 0.5) is 5.69 Å². The molecule has 0 radical (unpaired) electrons. The van der Waals surface area contributed by atoms with E-state index in [1.54, 1.807) is 12.1 Å². The number of rotatable bonds is 7. The van der Waals surface area contributed by atoms with E-state index < -0.39 is 16.0 Å². The van der Waals surface area contributed by atoms with Gasteiger partial charge in [-0.1, -0.05) is 18.2 Å². The minimum Gasteiger partial charge on any atom is -0.493 e. The molecule has 29 heavy (non-hydrogen) atoms. The molecule has 0 aliphatic carbocycles. The molecule has 2 N–H and O–H groups in total. The molecule has 0 atom stereocenters. The van der Waals surface area contributed by atoms with Crippen molar-refractivity contribution in [1.29, 1.82) is 0 Å². The minimum atomic E-state index is -3.96. The second-order valence-corrected chi connectivity index (χ2v) is 8.00. The van der Waals surface area contributed by atoms with Crippen molar-refractivity contribution >= 4 is 21.7 Å². The highest BCUT2D eigenvalue weighted by atomic mass is 32.2. The number of benzene rings is 2. The predicted molar refractivity (Wildman–Crippen MR) is 108 cm³/mol. The molecule has 9 heteroatoms. The van der Waals surface area contributed by atoms with Crippen molar-refractivity contribution in [3.8, 4) is 5.75 Å². The highest BCUT2D eigenvalue weighted by Gasteiger charge is 2.23. The molecule has 0 unspecified atom stereocenters. The number of para-hydroxylation sites is 1. The van der Waals surface area contributed by atoms with Crippen LogP contribution in [0.2, 0.25) is 0 Å². The number of carbonyl (C=O) groups excluding carboxylic acids is 1. The second-order valence-electron chi connectivity index (χ2n) is 6.44. The summed E-state index contributed by atoms with van der Waals surface area (Å²) in [7, 11) is -3.96. The minimum absolute atomic E-state index is 0.00282. The Morgan fingerprint density at radius 1 is 1.17 bits per heavy atom. The fourth-order valence-electron chi connectivity index (χ4n) is 3.08. The van der Waals surface area contributed by atoms with Crippen LogP contribution in [-0.2, 0) is 26.1 Å². The van der Waals surface area contributed by atoms with E-state index >= 15 is 0 Å². The van der Waals surface area contributed by atoms with Crippen molar-refractivity contribution in [1.82, 2.24) is 0 Å². The highest BCUT2D eigenvalue weighted by molar-refractivity contribution is 7.89. The zero-order valence-electron chi connectivity index (χ0n) is 16.2. The first-order chi connectivity index (χ1) is 13.9. The maximum Gasteiger partial charge on any atom is 0.340 e. The molecule has 1 fully saturated rings. The molecule has 156 valence electrons. The van der Waals surface area contributed by atoms with Gasteiger partial charge in [0, 0.05) is 18.7 Å². The third-order valence-corrected chi connectivity index (χ3v) is 5.41. The van der Waals surface area contributed by atoms with E-state index in [0.717, 1.165) is 5.56 Å². The van der Waals surface area contributed by atoms with E-state index in [9.17, 15) is 13.2 Å². The van der Waals surface area contributed by atoms with Gasteiger partial charge in [0.2, 0.25) is 10.0 Å². The molecule has 3 rings (SSSR count). The molecule has 1 aliphatic heterocycles. The SMILES string of the molecule is CCOc1ccccc1COC(=O)c1cc(S(N)(=O)=O)ccc1N1CCOCC1. The number of carbonyl (C=O) groups is 1. The fraction of sp³-hybridized carbons (Fsp3) is 0.350. The van der Waals surface area contributed by atoms with E-state index in [1.165, 1.54) is 12.1 Å². The second kappa shape index (κ2) is 9.25. The summed E-state index contributed by atoms with van der Waals surface area (Å²) in [6.07, 6.45) is 0. The number of nitrogens with two attached hydrogens (primary N) is 1. The van der Waals surface area contributed by atoms with Crippen LogP contribution >= 0.6 is 0 Å². The Hall–Kier alpha value is -2.62. The smallest absolute Gasteiger partial charge is 0.340 e. The quantitative estimate of drug-likeness (QED) is 0.682. The van der Waals surface area contributed by atoms with Crippen molar-refractivity contribution in [2.45, 2.75) is 18.4 Å². The van der Waals surface area contributed by atoms with Gasteiger partial charge in [-0.05, 0) is 31.2 Å². The molecule has 0 spiro atoms. The molecule has 8 nitrogen and oxygen atoms in total. The van der Waals surface area contributed by atoms with Crippen molar-refractivity contribution < 1.29 is 27.4 Å². The van der Waals surface area contributed by atoms with E-state index in [0.29, 0.717) is 44.3 Å². The Morgan fingerprint density at radius 3 is 2.59 bits per heavy atom. The summed E-state index contributed by atoms with van der Waals surface area (Å²) in [4.78, 5) is 14.7. The van der Waals surface area contributed by atoms with Gasteiger partial charge >= 0.3 is 5.97 Å². The van der Waals surface area contributed by atoms with Crippen molar-refractivity contribution in [3.63, 3.8) is 0 Å². The van der Waals surface area contributed by atoms with Gasteiger partial charge in [0.05, 0.1) is 36.0 Å². The summed E-state index contributed by atoms with van der Waals surface area (Å²) in [5, 5.41) is 5.24. The number of anilines is 1. The number of nitrogens with zero attached hydrogens (tertiary/aromatic N) is 1. The first-order valence-electron chi connectivity index (χ1n) is 9.27. The zero-order valence-corrected chi connectivity index (χ0v) is 17.0. The van der Waals surface area contributed by atoms with Gasteiger partial charge in [-0.2, -0.15) is 0 Å². The lowest BCUT2D eigenvalue weighted by atomic mass is 10.1. The van der Waals surface area contributed by atoms with Gasteiger partial charge < -0.3 is 19.1 Å². The van der Waals surface area contributed by atoms with Gasteiger partial charge in [-0.15, -0.1) is 0 Å². The van der Waals surface area contributed by atoms with Crippen LogP contribution < -0.4 is 14.8 Å². The normalized spacial score (nSPS) is 14.5. The summed E-state index contributed by atoms with van der Waals surface area (Å²) in [6.45, 7) is 4.57. The molecule has 0 bridgehead atoms. The Labute approximate surface area is 170 Å². The number of hydrogen-bond donors (Lipinski definition) is 1. The summed E-state index contributed by atoms with van der Waals surface area (Å²) < 4.78 is 39.9. The molecule has 0 aromatic heterocycles. The predicted octanol–water partition coefficient (Wildman–Crippen LogP) is 1.93. The number of esters is 1. The van der Waals surface area contributed by atoms with Crippen LogP contribution in [0.15, 0.2) is 47.4 Å². The van der Waals surface area contributed by atoms with Crippen LogP contribution in [0.25, 0.3) is 0 Å². The lowest BCUT2D eigenvalue weighted by Crippen LogP contribution is -2.37. The lowest BCUT2D eigenvalue weighted by molar-refractivity contribution is 0.0469. The zero-order chi connectivity index (χ0) is 20.9. The van der Waals surface area contributed by atoms with Crippen LogP contribution in [-0.4, -0.2) is 47.3 Å². The average Bonchev–Trinajstić information content (AvgIpc) is 2.72. The van der Waals surface area contributed by atoms with Gasteiger partial charge in [0.1, 0.15) is 12.4 Å². The highest BCUT2D eigenvalue weighted by Crippen LogP contribution is 2.27. The third kappa shape index (κ3) is 5.26. The van der Waals surface area contributed by atoms with Gasteiger partial charge in [0.25, 0.3) is 0 Å². The van der Waals surface area contributed by atoms with Gasteiger partial charge in [-0.25, -0.2) is 18.4 Å². The molecular formula is C20H24N2O6S. The Kier molecular flexibility index (Phi) is 6.73. The number of hydrogen-bond acceptors (Lipinski definition) is 7. The number of primary sulfonamides is 1. The maximum atomic E-state index is 12.9. The van der Waals surface area contributed by atoms with Crippen molar-refractivity contribution in [2.75, 3.05) is 37.8 Å². The maximum absolute atomic E-state index is 12.9. The van der Waals surface area contributed by atoms with Crippen molar-refractivity contribution in [3.05, 3.63) is 53.6 Å². The summed E-state index contributed by atoms with van der Waals surface area (Å²) in [5.74, 6) is -0.00205. The first-order valence-corrected chi connectivity index (χ1v) is 10.8. The Bertz CT molecular complexity index is 971. The van der Waals surface area contributed by atoms with Crippen LogP contribution in [0, 0.1) is 0 Å². The van der Waals surface area contributed by atoms with Gasteiger partial charge in [0.15, 0.2) is 0 Å². The van der Waals surface area contributed by atoms with Crippen LogP contribution in [0.3, 0.4) is 0 Å². The summed E-state index contributed by atoms with van der Waals surface area (Å²) in [5.41, 5.74) is 1.45. The Morgan fingerprint density at radius 2 is 1.90 bits per heavy atom. The summed E-state index contributed by atoms with van der Waals surface area (Å²) in [6, 6.07) is 11.5. The summed E-state index contributed by atoms with van der Waals surface area (Å²) >= 11 is 0. The number of sulfonamides is 1. The molecule has 2 aromatic carbocycles. The number of ether oxygens (including phenoxy) is 3. The molecule has 0 saturated carbocycles. The van der Waals surface area contributed by atoms with Crippen molar-refractivity contribution in [2.24, 2.45) is 5.14 Å². The van der Waals surface area contributed by atoms with E-state index in [1.807, 2.05) is 30.0 Å². The topological polar surface area (TPSA) is 108 Å². The van der Waals surface area contributed by atoms with Crippen LogP contribution in [0.1, 0.15) is 22.8 Å². The van der Waals surface area contributed by atoms with Gasteiger partial charge in [-0.3, -0.25) is 0 Å². The van der Waals surface area contributed by atoms with E-state index in [2.05, 4.69) is 0 Å². The molecule has 1 aliphatic rings. The molecule has 0 amide bonds. The van der Waals surface area contributed by atoms with E-state index in [-0.39, 0.29) is 17.1 Å². The molecule has 1 heterocycles. The van der Waals surface area contributed by atoms with E-state index in [4.69, 9.17) is 19.3 Å². The lowest BCUT2D eigenvalue weighted by Gasteiger charge is -2.30. The Balaban J connectivity index is 1.87. The largest absolute Gasteiger partial charge is 0.493 e. The fourth-order valence-corrected chi connectivity index (χ4v) is 3.62. The molecule has 1 saturated heterocycles. The molecule has 2 aromatic rings. The third-order valence-electron chi connectivity index (χ3n) is 4.50. The standard InChI is InChI=1S/C20H24N2O6S/c1-2-27-19-6-4-3-5-15(19)14-28-20(23)17-13-16(29(21,24)25)7-8-18(17)22-9-11-26-12-10-22/h3-8,13H,2,9-12,14H2,1H3,(H2,21,24,25).